The number of carbonyl (C=O) groups is 1. The molecule has 3 heteroatoms. The Kier molecular flexibility index (Phi) is 3.31. The van der Waals surface area contributed by atoms with E-state index in [1.807, 2.05) is 4.90 Å². The van der Waals surface area contributed by atoms with Crippen molar-refractivity contribution in [1.82, 2.24) is 10.2 Å². The Morgan fingerprint density at radius 2 is 2.15 bits per heavy atom. The number of nitrogens with zero attached hydrogens (tertiary/aromatic N) is 1. The number of amides is 1. The standard InChI is InChI=1S/C10H20N2O/c1-10(2,3)4-6-12-7-5-11-8-9(12)13/h11H,4-8H2,1-3H3. The van der Waals surface area contributed by atoms with Crippen molar-refractivity contribution in [1.29, 1.82) is 0 Å². The predicted molar refractivity (Wildman–Crippen MR) is 53.5 cm³/mol. The van der Waals surface area contributed by atoms with Crippen LogP contribution in [0.15, 0.2) is 0 Å². The van der Waals surface area contributed by atoms with E-state index in [1.54, 1.807) is 0 Å². The number of rotatable bonds is 2. The van der Waals surface area contributed by atoms with E-state index in [9.17, 15) is 4.79 Å². The lowest BCUT2D eigenvalue weighted by Crippen LogP contribution is -2.48. The maximum Gasteiger partial charge on any atom is 0.236 e. The van der Waals surface area contributed by atoms with Gasteiger partial charge < -0.3 is 10.2 Å². The van der Waals surface area contributed by atoms with E-state index in [2.05, 4.69) is 26.1 Å². The molecule has 1 aliphatic heterocycles. The molecule has 1 heterocycles. The van der Waals surface area contributed by atoms with Crippen LogP contribution >= 0.6 is 0 Å². The van der Waals surface area contributed by atoms with Gasteiger partial charge in [0.1, 0.15) is 0 Å². The first kappa shape index (κ1) is 10.5. The molecule has 0 saturated carbocycles. The summed E-state index contributed by atoms with van der Waals surface area (Å²) in [4.78, 5) is 13.3. The van der Waals surface area contributed by atoms with E-state index in [4.69, 9.17) is 0 Å². The van der Waals surface area contributed by atoms with Crippen molar-refractivity contribution in [2.45, 2.75) is 27.2 Å². The predicted octanol–water partition coefficient (Wildman–Crippen LogP) is 0.854. The largest absolute Gasteiger partial charge is 0.340 e. The van der Waals surface area contributed by atoms with Crippen LogP contribution in [0.2, 0.25) is 0 Å². The van der Waals surface area contributed by atoms with Crippen LogP contribution in [0.5, 0.6) is 0 Å². The molecule has 0 bridgehead atoms. The number of hydrogen-bond acceptors (Lipinski definition) is 2. The van der Waals surface area contributed by atoms with Gasteiger partial charge in [0.05, 0.1) is 6.54 Å². The molecule has 0 spiro atoms. The Bertz CT molecular complexity index is 184. The van der Waals surface area contributed by atoms with Crippen molar-refractivity contribution >= 4 is 5.91 Å². The van der Waals surface area contributed by atoms with Crippen molar-refractivity contribution in [3.63, 3.8) is 0 Å². The van der Waals surface area contributed by atoms with Gasteiger partial charge in [0, 0.05) is 19.6 Å². The summed E-state index contributed by atoms with van der Waals surface area (Å²) in [5, 5.41) is 3.07. The second-order valence-electron chi connectivity index (χ2n) is 4.87. The van der Waals surface area contributed by atoms with Crippen molar-refractivity contribution in [2.24, 2.45) is 5.41 Å². The molecule has 1 aliphatic rings. The lowest BCUT2D eigenvalue weighted by atomic mass is 9.92. The van der Waals surface area contributed by atoms with Crippen LogP contribution in [0.25, 0.3) is 0 Å². The molecule has 0 aromatic carbocycles. The number of hydrogen-bond donors (Lipinski definition) is 1. The highest BCUT2D eigenvalue weighted by atomic mass is 16.2. The molecule has 1 fully saturated rings. The van der Waals surface area contributed by atoms with E-state index in [0.717, 1.165) is 26.1 Å². The summed E-state index contributed by atoms with van der Waals surface area (Å²) >= 11 is 0. The lowest BCUT2D eigenvalue weighted by Gasteiger charge is -2.30. The smallest absolute Gasteiger partial charge is 0.236 e. The first-order valence-electron chi connectivity index (χ1n) is 4.97. The fraction of sp³-hybridized carbons (Fsp3) is 0.900. The average molecular weight is 184 g/mol. The van der Waals surface area contributed by atoms with Gasteiger partial charge in [-0.3, -0.25) is 4.79 Å². The summed E-state index contributed by atoms with van der Waals surface area (Å²) in [6.07, 6.45) is 1.08. The normalized spacial score (nSPS) is 19.3. The first-order valence-corrected chi connectivity index (χ1v) is 4.97. The third kappa shape index (κ3) is 3.77. The van der Waals surface area contributed by atoms with Crippen LogP contribution in [-0.4, -0.2) is 37.0 Å². The number of piperazine rings is 1. The maximum absolute atomic E-state index is 11.4. The highest BCUT2D eigenvalue weighted by molar-refractivity contribution is 5.78. The Hall–Kier alpha value is -0.570. The third-order valence-corrected chi connectivity index (χ3v) is 2.32. The average Bonchev–Trinajstić information content (AvgIpc) is 2.01. The van der Waals surface area contributed by atoms with E-state index < -0.39 is 0 Å². The van der Waals surface area contributed by atoms with Gasteiger partial charge in [-0.2, -0.15) is 0 Å². The zero-order chi connectivity index (χ0) is 9.90. The monoisotopic (exact) mass is 184 g/mol. The molecule has 1 rings (SSSR count). The van der Waals surface area contributed by atoms with E-state index >= 15 is 0 Å². The zero-order valence-corrected chi connectivity index (χ0v) is 8.89. The molecule has 0 aliphatic carbocycles. The molecule has 1 saturated heterocycles. The minimum atomic E-state index is 0.246. The van der Waals surface area contributed by atoms with Crippen LogP contribution in [0.1, 0.15) is 27.2 Å². The molecule has 0 aromatic heterocycles. The van der Waals surface area contributed by atoms with Crippen molar-refractivity contribution in [3.8, 4) is 0 Å². The minimum Gasteiger partial charge on any atom is -0.340 e. The molecule has 3 nitrogen and oxygen atoms in total. The summed E-state index contributed by atoms with van der Waals surface area (Å²) in [5.74, 6) is 0.246. The Morgan fingerprint density at radius 1 is 1.46 bits per heavy atom. The van der Waals surface area contributed by atoms with Gasteiger partial charge in [0.15, 0.2) is 0 Å². The molecule has 0 aromatic rings. The second kappa shape index (κ2) is 4.09. The fourth-order valence-electron chi connectivity index (χ4n) is 1.35. The van der Waals surface area contributed by atoms with Gasteiger partial charge in [-0.05, 0) is 11.8 Å². The van der Waals surface area contributed by atoms with Crippen molar-refractivity contribution in [3.05, 3.63) is 0 Å². The van der Waals surface area contributed by atoms with Crippen LogP contribution in [-0.2, 0) is 4.79 Å². The molecular formula is C10H20N2O. The second-order valence-corrected chi connectivity index (χ2v) is 4.87. The molecule has 0 unspecified atom stereocenters. The SMILES string of the molecule is CC(C)(C)CCN1CCNCC1=O. The lowest BCUT2D eigenvalue weighted by molar-refractivity contribution is -0.132. The highest BCUT2D eigenvalue weighted by Gasteiger charge is 2.19. The summed E-state index contributed by atoms with van der Waals surface area (Å²) in [6.45, 7) is 9.86. The molecule has 76 valence electrons. The molecule has 13 heavy (non-hydrogen) atoms. The minimum absolute atomic E-state index is 0.246. The molecule has 0 radical (unpaired) electrons. The van der Waals surface area contributed by atoms with Crippen LogP contribution in [0.4, 0.5) is 0 Å². The van der Waals surface area contributed by atoms with E-state index in [1.165, 1.54) is 0 Å². The van der Waals surface area contributed by atoms with Crippen molar-refractivity contribution in [2.75, 3.05) is 26.2 Å². The number of nitrogens with one attached hydrogen (secondary N) is 1. The van der Waals surface area contributed by atoms with Gasteiger partial charge in [-0.15, -0.1) is 0 Å². The van der Waals surface area contributed by atoms with Crippen LogP contribution < -0.4 is 5.32 Å². The van der Waals surface area contributed by atoms with Gasteiger partial charge in [-0.1, -0.05) is 20.8 Å². The summed E-state index contributed by atoms with van der Waals surface area (Å²) in [6, 6.07) is 0. The van der Waals surface area contributed by atoms with Crippen molar-refractivity contribution < 1.29 is 4.79 Å². The first-order chi connectivity index (χ1) is 5.99. The molecular weight excluding hydrogens is 164 g/mol. The molecule has 1 amide bonds. The van der Waals surface area contributed by atoms with Gasteiger partial charge in [0.2, 0.25) is 5.91 Å². The number of carbonyl (C=O) groups excluding carboxylic acids is 1. The maximum atomic E-state index is 11.4. The van der Waals surface area contributed by atoms with Crippen LogP contribution in [0.3, 0.4) is 0 Å². The highest BCUT2D eigenvalue weighted by Crippen LogP contribution is 2.18. The van der Waals surface area contributed by atoms with Gasteiger partial charge >= 0.3 is 0 Å². The summed E-state index contributed by atoms with van der Waals surface area (Å²) < 4.78 is 0. The van der Waals surface area contributed by atoms with Gasteiger partial charge in [-0.25, -0.2) is 0 Å². The quantitative estimate of drug-likeness (QED) is 0.690. The Labute approximate surface area is 80.5 Å². The Balaban J connectivity index is 2.31. The van der Waals surface area contributed by atoms with Crippen LogP contribution in [0, 0.1) is 5.41 Å². The topological polar surface area (TPSA) is 32.3 Å². The van der Waals surface area contributed by atoms with Gasteiger partial charge in [0.25, 0.3) is 0 Å². The van der Waals surface area contributed by atoms with E-state index in [-0.39, 0.29) is 5.91 Å². The summed E-state index contributed by atoms with van der Waals surface area (Å²) in [7, 11) is 0. The van der Waals surface area contributed by atoms with E-state index in [0.29, 0.717) is 12.0 Å². The third-order valence-electron chi connectivity index (χ3n) is 2.32. The molecule has 0 atom stereocenters. The molecule has 1 N–H and O–H groups in total. The zero-order valence-electron chi connectivity index (χ0n) is 8.89. The summed E-state index contributed by atoms with van der Waals surface area (Å²) in [5.41, 5.74) is 0.325. The Morgan fingerprint density at radius 3 is 2.69 bits per heavy atom. The fourth-order valence-corrected chi connectivity index (χ4v) is 1.35.